The van der Waals surface area contributed by atoms with Crippen LogP contribution in [0.4, 0.5) is 0 Å². The second-order valence-electron chi connectivity index (χ2n) is 2.83. The number of morpholine rings is 1. The summed E-state index contributed by atoms with van der Waals surface area (Å²) in [6.45, 7) is 0.983. The molecule has 1 atom stereocenters. The minimum Gasteiger partial charge on any atom is -0.467 e. The Balaban J connectivity index is 2.68. The molecule has 1 fully saturated rings. The van der Waals surface area contributed by atoms with Crippen molar-refractivity contribution in [3.8, 4) is 0 Å². The SMILES string of the molecule is COC(=O)C1COCCN1C(=O)CCl. The lowest BCUT2D eigenvalue weighted by Gasteiger charge is -2.33. The third-order valence-corrected chi connectivity index (χ3v) is 2.27. The van der Waals surface area contributed by atoms with E-state index in [2.05, 4.69) is 4.74 Å². The number of hydrogen-bond acceptors (Lipinski definition) is 4. The number of esters is 1. The summed E-state index contributed by atoms with van der Waals surface area (Å²) in [6.07, 6.45) is 0. The van der Waals surface area contributed by atoms with Gasteiger partial charge in [-0.25, -0.2) is 4.79 Å². The molecule has 0 aliphatic carbocycles. The van der Waals surface area contributed by atoms with E-state index in [1.165, 1.54) is 12.0 Å². The fraction of sp³-hybridized carbons (Fsp3) is 0.750. The van der Waals surface area contributed by atoms with Crippen molar-refractivity contribution >= 4 is 23.5 Å². The Morgan fingerprint density at radius 3 is 2.93 bits per heavy atom. The zero-order valence-corrected chi connectivity index (χ0v) is 8.62. The molecule has 80 valence electrons. The molecule has 1 saturated heterocycles. The lowest BCUT2D eigenvalue weighted by molar-refractivity contribution is -0.159. The molecule has 1 amide bonds. The van der Waals surface area contributed by atoms with Gasteiger partial charge in [0.1, 0.15) is 5.88 Å². The Hall–Kier alpha value is -0.810. The maximum atomic E-state index is 11.3. The quantitative estimate of drug-likeness (QED) is 0.472. The summed E-state index contributed by atoms with van der Waals surface area (Å²) >= 11 is 5.41. The molecule has 0 aromatic rings. The van der Waals surface area contributed by atoms with Crippen molar-refractivity contribution in [3.05, 3.63) is 0 Å². The molecule has 0 N–H and O–H groups in total. The van der Waals surface area contributed by atoms with Crippen LogP contribution in [-0.4, -0.2) is 55.6 Å². The predicted molar refractivity (Wildman–Crippen MR) is 49.1 cm³/mol. The van der Waals surface area contributed by atoms with E-state index in [1.807, 2.05) is 0 Å². The van der Waals surface area contributed by atoms with E-state index >= 15 is 0 Å². The molecule has 1 rings (SSSR count). The zero-order chi connectivity index (χ0) is 10.6. The number of nitrogens with zero attached hydrogens (tertiary/aromatic N) is 1. The van der Waals surface area contributed by atoms with Crippen molar-refractivity contribution in [1.29, 1.82) is 0 Å². The van der Waals surface area contributed by atoms with Gasteiger partial charge in [-0.1, -0.05) is 0 Å². The molecule has 6 heteroatoms. The number of halogens is 1. The van der Waals surface area contributed by atoms with Gasteiger partial charge >= 0.3 is 5.97 Å². The third kappa shape index (κ3) is 2.36. The van der Waals surface area contributed by atoms with Crippen molar-refractivity contribution in [2.45, 2.75) is 6.04 Å². The van der Waals surface area contributed by atoms with Crippen molar-refractivity contribution in [2.75, 3.05) is 32.7 Å². The number of methoxy groups -OCH3 is 1. The second-order valence-corrected chi connectivity index (χ2v) is 3.10. The highest BCUT2D eigenvalue weighted by Crippen LogP contribution is 2.09. The summed E-state index contributed by atoms with van der Waals surface area (Å²) in [6, 6.07) is -0.653. The van der Waals surface area contributed by atoms with Crippen LogP contribution in [0, 0.1) is 0 Å². The summed E-state index contributed by atoms with van der Waals surface area (Å²) in [4.78, 5) is 24.0. The first-order chi connectivity index (χ1) is 6.70. The van der Waals surface area contributed by atoms with Gasteiger partial charge < -0.3 is 14.4 Å². The lowest BCUT2D eigenvalue weighted by atomic mass is 10.2. The van der Waals surface area contributed by atoms with Gasteiger partial charge in [0, 0.05) is 6.54 Å². The lowest BCUT2D eigenvalue weighted by Crippen LogP contribution is -2.53. The van der Waals surface area contributed by atoms with Crippen LogP contribution in [0.2, 0.25) is 0 Å². The molecule has 1 aliphatic rings. The third-order valence-electron chi connectivity index (χ3n) is 2.04. The minimum atomic E-state index is -0.653. The summed E-state index contributed by atoms with van der Waals surface area (Å²) in [5.41, 5.74) is 0. The van der Waals surface area contributed by atoms with Gasteiger partial charge in [0.2, 0.25) is 5.91 Å². The minimum absolute atomic E-state index is 0.131. The molecule has 1 unspecified atom stereocenters. The summed E-state index contributed by atoms with van der Waals surface area (Å²) in [5, 5.41) is 0. The van der Waals surface area contributed by atoms with Crippen LogP contribution in [0.25, 0.3) is 0 Å². The maximum absolute atomic E-state index is 11.3. The molecule has 14 heavy (non-hydrogen) atoms. The Labute approximate surface area is 86.9 Å². The Kier molecular flexibility index (Phi) is 4.16. The Morgan fingerprint density at radius 1 is 1.64 bits per heavy atom. The van der Waals surface area contributed by atoms with Gasteiger partial charge in [-0.05, 0) is 0 Å². The molecule has 0 spiro atoms. The van der Waals surface area contributed by atoms with Crippen molar-refractivity contribution in [1.82, 2.24) is 4.90 Å². The smallest absolute Gasteiger partial charge is 0.331 e. The van der Waals surface area contributed by atoms with Crippen LogP contribution in [0.5, 0.6) is 0 Å². The van der Waals surface area contributed by atoms with Crippen LogP contribution in [0.1, 0.15) is 0 Å². The maximum Gasteiger partial charge on any atom is 0.331 e. The van der Waals surface area contributed by atoms with Crippen molar-refractivity contribution in [2.24, 2.45) is 0 Å². The van der Waals surface area contributed by atoms with Gasteiger partial charge in [-0.15, -0.1) is 11.6 Å². The molecular weight excluding hydrogens is 210 g/mol. The van der Waals surface area contributed by atoms with Crippen molar-refractivity contribution < 1.29 is 19.1 Å². The second kappa shape index (κ2) is 5.17. The molecular formula is C8H12ClNO4. The van der Waals surface area contributed by atoms with Crippen molar-refractivity contribution in [3.63, 3.8) is 0 Å². The fourth-order valence-electron chi connectivity index (χ4n) is 1.31. The van der Waals surface area contributed by atoms with E-state index in [1.54, 1.807) is 0 Å². The van der Waals surface area contributed by atoms with E-state index in [0.717, 1.165) is 0 Å². The average Bonchev–Trinajstić information content (AvgIpc) is 2.27. The number of alkyl halides is 1. The van der Waals surface area contributed by atoms with E-state index in [9.17, 15) is 9.59 Å². The monoisotopic (exact) mass is 221 g/mol. The van der Waals surface area contributed by atoms with Crippen LogP contribution < -0.4 is 0 Å². The first kappa shape index (κ1) is 11.3. The van der Waals surface area contributed by atoms with Crippen LogP contribution in [0.3, 0.4) is 0 Å². The largest absolute Gasteiger partial charge is 0.467 e. The summed E-state index contributed by atoms with van der Waals surface area (Å²) in [5.74, 6) is -0.874. The molecule has 5 nitrogen and oxygen atoms in total. The number of carbonyl (C=O) groups is 2. The van der Waals surface area contributed by atoms with E-state index in [0.29, 0.717) is 13.2 Å². The molecule has 0 bridgehead atoms. The Bertz CT molecular complexity index is 209. The van der Waals surface area contributed by atoms with E-state index in [4.69, 9.17) is 16.3 Å². The van der Waals surface area contributed by atoms with Gasteiger partial charge in [-0.2, -0.15) is 0 Å². The average molecular weight is 222 g/mol. The number of ether oxygens (including phenoxy) is 2. The highest BCUT2D eigenvalue weighted by Gasteiger charge is 2.32. The number of carbonyl (C=O) groups excluding carboxylic acids is 2. The van der Waals surface area contributed by atoms with Gasteiger partial charge in [0.15, 0.2) is 6.04 Å². The van der Waals surface area contributed by atoms with Crippen LogP contribution in [-0.2, 0) is 19.1 Å². The first-order valence-corrected chi connectivity index (χ1v) is 4.75. The topological polar surface area (TPSA) is 55.8 Å². The van der Waals surface area contributed by atoms with Gasteiger partial charge in [-0.3, -0.25) is 4.79 Å². The van der Waals surface area contributed by atoms with E-state index < -0.39 is 12.0 Å². The molecule has 0 saturated carbocycles. The number of amides is 1. The number of rotatable bonds is 2. The Morgan fingerprint density at radius 2 is 2.36 bits per heavy atom. The highest BCUT2D eigenvalue weighted by atomic mass is 35.5. The zero-order valence-electron chi connectivity index (χ0n) is 7.86. The fourth-order valence-corrected chi connectivity index (χ4v) is 1.46. The van der Waals surface area contributed by atoms with Gasteiger partial charge in [0.05, 0.1) is 20.3 Å². The molecule has 0 aromatic heterocycles. The molecule has 0 radical (unpaired) electrons. The van der Waals surface area contributed by atoms with Gasteiger partial charge in [0.25, 0.3) is 0 Å². The standard InChI is InChI=1S/C8H12ClNO4/c1-13-8(12)6-5-14-3-2-10(6)7(11)4-9/h6H,2-5H2,1H3. The first-order valence-electron chi connectivity index (χ1n) is 4.21. The number of hydrogen-bond donors (Lipinski definition) is 0. The predicted octanol–water partition coefficient (Wildman–Crippen LogP) is -0.374. The molecule has 1 aliphatic heterocycles. The van der Waals surface area contributed by atoms with Crippen LogP contribution in [0.15, 0.2) is 0 Å². The normalized spacial score (nSPS) is 21.9. The molecule has 1 heterocycles. The van der Waals surface area contributed by atoms with Crippen LogP contribution >= 0.6 is 11.6 Å². The summed E-state index contributed by atoms with van der Waals surface area (Å²) < 4.78 is 9.65. The summed E-state index contributed by atoms with van der Waals surface area (Å²) in [7, 11) is 1.28. The highest BCUT2D eigenvalue weighted by molar-refractivity contribution is 6.27. The molecule has 0 aromatic carbocycles. The van der Waals surface area contributed by atoms with E-state index in [-0.39, 0.29) is 18.4 Å².